The molecule has 0 spiro atoms. The molecule has 112 valence electrons. The van der Waals surface area contributed by atoms with Crippen LogP contribution in [0, 0.1) is 10.1 Å². The first-order chi connectivity index (χ1) is 10.5. The Hall–Kier alpha value is -2.93. The lowest BCUT2D eigenvalue weighted by Gasteiger charge is -2.01. The number of nitrogens with one attached hydrogen (secondary N) is 1. The van der Waals surface area contributed by atoms with Gasteiger partial charge in [0.15, 0.2) is 0 Å². The van der Waals surface area contributed by atoms with Gasteiger partial charge in [-0.3, -0.25) is 15.5 Å². The van der Waals surface area contributed by atoms with Crippen molar-refractivity contribution in [3.63, 3.8) is 0 Å². The maximum absolute atomic E-state index is 10.8. The Morgan fingerprint density at radius 3 is 2.77 bits per heavy atom. The number of nitro groups is 1. The maximum Gasteiger partial charge on any atom is 0.335 e. The van der Waals surface area contributed by atoms with Gasteiger partial charge in [-0.2, -0.15) is 5.10 Å². The molecule has 0 aliphatic heterocycles. The normalized spacial score (nSPS) is 10.6. The van der Waals surface area contributed by atoms with Crippen LogP contribution in [0.3, 0.4) is 0 Å². The Bertz CT molecular complexity index is 762. The molecule has 2 aromatic rings. The van der Waals surface area contributed by atoms with E-state index in [4.69, 9.17) is 16.7 Å². The number of benzene rings is 2. The summed E-state index contributed by atoms with van der Waals surface area (Å²) in [6, 6.07) is 10.4. The van der Waals surface area contributed by atoms with E-state index in [0.717, 1.165) is 0 Å². The van der Waals surface area contributed by atoms with Gasteiger partial charge >= 0.3 is 5.97 Å². The molecule has 0 fully saturated rings. The highest BCUT2D eigenvalue weighted by Crippen LogP contribution is 2.24. The van der Waals surface area contributed by atoms with Crippen LogP contribution in [-0.2, 0) is 0 Å². The molecule has 0 aliphatic rings. The topological polar surface area (TPSA) is 105 Å². The number of hydrogen-bond acceptors (Lipinski definition) is 5. The van der Waals surface area contributed by atoms with Crippen LogP contribution < -0.4 is 5.43 Å². The highest BCUT2D eigenvalue weighted by molar-refractivity contribution is 6.32. The summed E-state index contributed by atoms with van der Waals surface area (Å²) in [7, 11) is 0. The largest absolute Gasteiger partial charge is 0.478 e. The first-order valence-electron chi connectivity index (χ1n) is 6.04. The van der Waals surface area contributed by atoms with Gasteiger partial charge in [0.2, 0.25) is 0 Å². The van der Waals surface area contributed by atoms with Gasteiger partial charge < -0.3 is 5.11 Å². The molecule has 0 unspecified atom stereocenters. The van der Waals surface area contributed by atoms with Crippen LogP contribution in [-0.4, -0.2) is 22.2 Å². The molecule has 2 N–H and O–H groups in total. The van der Waals surface area contributed by atoms with Crippen LogP contribution in [0.5, 0.6) is 0 Å². The van der Waals surface area contributed by atoms with Crippen molar-refractivity contribution in [1.29, 1.82) is 0 Å². The van der Waals surface area contributed by atoms with E-state index in [1.54, 1.807) is 18.2 Å². The van der Waals surface area contributed by atoms with Gasteiger partial charge in [0.25, 0.3) is 5.69 Å². The van der Waals surface area contributed by atoms with Crippen molar-refractivity contribution in [2.24, 2.45) is 5.10 Å². The minimum absolute atomic E-state index is 0.0456. The molecule has 0 saturated carbocycles. The van der Waals surface area contributed by atoms with E-state index in [1.165, 1.54) is 30.5 Å². The van der Waals surface area contributed by atoms with Crippen molar-refractivity contribution in [2.45, 2.75) is 0 Å². The molecule has 0 amide bonds. The van der Waals surface area contributed by atoms with Gasteiger partial charge in [0, 0.05) is 11.6 Å². The summed E-state index contributed by atoms with van der Waals surface area (Å²) in [5, 5.41) is 23.6. The van der Waals surface area contributed by atoms with Crippen LogP contribution in [0.15, 0.2) is 47.6 Å². The molecule has 0 atom stereocenters. The second kappa shape index (κ2) is 6.68. The monoisotopic (exact) mass is 319 g/mol. The summed E-state index contributed by atoms with van der Waals surface area (Å²) in [5.74, 6) is -1.04. The zero-order chi connectivity index (χ0) is 16.1. The maximum atomic E-state index is 10.8. The summed E-state index contributed by atoms with van der Waals surface area (Å²) in [6.07, 6.45) is 1.37. The van der Waals surface area contributed by atoms with Crippen molar-refractivity contribution >= 4 is 35.2 Å². The van der Waals surface area contributed by atoms with Crippen molar-refractivity contribution in [3.05, 3.63) is 68.7 Å². The summed E-state index contributed by atoms with van der Waals surface area (Å²) in [5.41, 5.74) is 3.54. The zero-order valence-corrected chi connectivity index (χ0v) is 11.8. The fraction of sp³-hybridized carbons (Fsp3) is 0. The van der Waals surface area contributed by atoms with E-state index in [-0.39, 0.29) is 16.3 Å². The molecule has 0 aliphatic carbocycles. The molecule has 0 radical (unpaired) electrons. The molecule has 0 bridgehead atoms. The van der Waals surface area contributed by atoms with E-state index in [2.05, 4.69) is 10.5 Å². The number of hydrazone groups is 1. The summed E-state index contributed by atoms with van der Waals surface area (Å²) in [6.45, 7) is 0. The van der Waals surface area contributed by atoms with Crippen molar-refractivity contribution in [2.75, 3.05) is 5.43 Å². The Morgan fingerprint density at radius 2 is 2.09 bits per heavy atom. The fourth-order valence-electron chi connectivity index (χ4n) is 1.65. The standard InChI is InChI=1S/C14H10ClN3O4/c15-12-5-4-9(6-13(12)18(21)22)8-16-17-11-3-1-2-10(7-11)14(19)20/h1-8,17H,(H,19,20). The SMILES string of the molecule is O=C(O)c1cccc(NN=Cc2ccc(Cl)c([N+](=O)[O-])c2)c1. The highest BCUT2D eigenvalue weighted by atomic mass is 35.5. The fourth-order valence-corrected chi connectivity index (χ4v) is 1.84. The number of aromatic carboxylic acids is 1. The third-order valence-electron chi connectivity index (χ3n) is 2.68. The van der Waals surface area contributed by atoms with Crippen molar-refractivity contribution in [3.8, 4) is 0 Å². The molecule has 2 rings (SSSR count). The first-order valence-corrected chi connectivity index (χ1v) is 6.41. The number of hydrogen-bond donors (Lipinski definition) is 2. The molecule has 22 heavy (non-hydrogen) atoms. The molecule has 8 heteroatoms. The van der Waals surface area contributed by atoms with Crippen LogP contribution in [0.25, 0.3) is 0 Å². The van der Waals surface area contributed by atoms with Crippen molar-refractivity contribution < 1.29 is 14.8 Å². The average molecular weight is 320 g/mol. The first kappa shape index (κ1) is 15.5. The number of nitrogens with zero attached hydrogens (tertiary/aromatic N) is 2. The highest BCUT2D eigenvalue weighted by Gasteiger charge is 2.11. The minimum atomic E-state index is -1.04. The number of anilines is 1. The molecule has 0 saturated heterocycles. The molecular formula is C14H10ClN3O4. The Labute approximate surface area is 130 Å². The molecule has 0 aromatic heterocycles. The van der Waals surface area contributed by atoms with E-state index < -0.39 is 10.9 Å². The zero-order valence-electron chi connectivity index (χ0n) is 11.1. The van der Waals surface area contributed by atoms with Gasteiger partial charge in [0.1, 0.15) is 5.02 Å². The van der Waals surface area contributed by atoms with Crippen LogP contribution in [0.2, 0.25) is 5.02 Å². The summed E-state index contributed by atoms with van der Waals surface area (Å²) < 4.78 is 0. The van der Waals surface area contributed by atoms with E-state index >= 15 is 0 Å². The average Bonchev–Trinajstić information content (AvgIpc) is 2.49. The third-order valence-corrected chi connectivity index (χ3v) is 3.00. The van der Waals surface area contributed by atoms with Gasteiger partial charge in [-0.25, -0.2) is 4.79 Å². The Balaban J connectivity index is 2.13. The van der Waals surface area contributed by atoms with Crippen LogP contribution in [0.4, 0.5) is 11.4 Å². The molecule has 0 heterocycles. The number of carboxylic acid groups (broad SMARTS) is 1. The second-order valence-electron chi connectivity index (χ2n) is 4.22. The summed E-state index contributed by atoms with van der Waals surface area (Å²) in [4.78, 5) is 21.0. The predicted octanol–water partition coefficient (Wildman–Crippen LogP) is 3.39. The second-order valence-corrected chi connectivity index (χ2v) is 4.63. The summed E-state index contributed by atoms with van der Waals surface area (Å²) >= 11 is 5.71. The van der Waals surface area contributed by atoms with E-state index in [9.17, 15) is 14.9 Å². The van der Waals surface area contributed by atoms with E-state index in [0.29, 0.717) is 11.3 Å². The van der Waals surface area contributed by atoms with Gasteiger partial charge in [0.05, 0.1) is 22.4 Å². The quantitative estimate of drug-likeness (QED) is 0.499. The van der Waals surface area contributed by atoms with Gasteiger partial charge in [-0.15, -0.1) is 0 Å². The lowest BCUT2D eigenvalue weighted by atomic mass is 10.2. The molecular weight excluding hydrogens is 310 g/mol. The lowest BCUT2D eigenvalue weighted by Crippen LogP contribution is -1.98. The number of rotatable bonds is 5. The number of carboxylic acids is 1. The van der Waals surface area contributed by atoms with Crippen LogP contribution >= 0.6 is 11.6 Å². The number of halogens is 1. The minimum Gasteiger partial charge on any atom is -0.478 e. The van der Waals surface area contributed by atoms with E-state index in [1.807, 2.05) is 0 Å². The number of carbonyl (C=O) groups is 1. The molecule has 2 aromatic carbocycles. The molecule has 7 nitrogen and oxygen atoms in total. The Kier molecular flexibility index (Phi) is 4.70. The van der Waals surface area contributed by atoms with Gasteiger partial charge in [-0.1, -0.05) is 23.7 Å². The lowest BCUT2D eigenvalue weighted by molar-refractivity contribution is -0.384. The Morgan fingerprint density at radius 1 is 1.32 bits per heavy atom. The third kappa shape index (κ3) is 3.80. The van der Waals surface area contributed by atoms with Crippen LogP contribution in [0.1, 0.15) is 15.9 Å². The number of nitro benzene ring substituents is 1. The van der Waals surface area contributed by atoms with Gasteiger partial charge in [-0.05, 0) is 24.3 Å². The predicted molar refractivity (Wildman–Crippen MR) is 82.7 cm³/mol. The van der Waals surface area contributed by atoms with Crippen molar-refractivity contribution in [1.82, 2.24) is 0 Å². The smallest absolute Gasteiger partial charge is 0.335 e.